The van der Waals surface area contributed by atoms with Crippen LogP contribution in [0.5, 0.6) is 0 Å². The molecule has 1 spiro atoms. The summed E-state index contributed by atoms with van der Waals surface area (Å²) >= 11 is 0. The molecule has 1 aromatic carbocycles. The highest BCUT2D eigenvalue weighted by molar-refractivity contribution is 5.83. The van der Waals surface area contributed by atoms with Gasteiger partial charge in [-0.15, -0.1) is 0 Å². The number of nitrogens with zero attached hydrogens (tertiary/aromatic N) is 5. The second-order valence-corrected chi connectivity index (χ2v) is 8.05. The van der Waals surface area contributed by atoms with Crippen molar-refractivity contribution in [3.8, 4) is 0 Å². The molecule has 148 valence electrons. The number of benzene rings is 1. The minimum atomic E-state index is 0.0916. The largest absolute Gasteiger partial charge is 0.355 e. The molecule has 0 unspecified atom stereocenters. The molecule has 2 aromatic heterocycles. The number of aromatic amines is 1. The van der Waals surface area contributed by atoms with Gasteiger partial charge >= 0.3 is 0 Å². The fourth-order valence-electron chi connectivity index (χ4n) is 4.55. The highest BCUT2D eigenvalue weighted by Gasteiger charge is 2.44. The van der Waals surface area contributed by atoms with Crippen molar-refractivity contribution >= 4 is 29.0 Å². The van der Waals surface area contributed by atoms with Gasteiger partial charge in [0.2, 0.25) is 5.91 Å². The molecule has 2 fully saturated rings. The lowest BCUT2D eigenvalue weighted by atomic mass is 9.77. The summed E-state index contributed by atoms with van der Waals surface area (Å²) in [6.45, 7) is 3.32. The van der Waals surface area contributed by atoms with Gasteiger partial charge in [-0.3, -0.25) is 4.79 Å². The molecule has 7 heteroatoms. The second kappa shape index (κ2) is 7.31. The quantitative estimate of drug-likeness (QED) is 0.744. The van der Waals surface area contributed by atoms with Crippen LogP contribution in [0, 0.1) is 5.41 Å². The molecule has 2 saturated heterocycles. The third kappa shape index (κ3) is 3.48. The van der Waals surface area contributed by atoms with Crippen molar-refractivity contribution < 1.29 is 4.79 Å². The lowest BCUT2D eigenvalue weighted by Gasteiger charge is -2.39. The van der Waals surface area contributed by atoms with E-state index in [2.05, 4.69) is 49.1 Å². The Bertz CT molecular complexity index is 1040. The molecule has 3 aromatic rings. The number of rotatable bonds is 4. The molecule has 0 atom stereocenters. The van der Waals surface area contributed by atoms with Gasteiger partial charge in [0.1, 0.15) is 11.8 Å². The number of H-pyrrole nitrogens is 1. The fourth-order valence-corrected chi connectivity index (χ4v) is 4.55. The number of aromatic nitrogens is 4. The first-order chi connectivity index (χ1) is 14.2. The predicted octanol–water partition coefficient (Wildman–Crippen LogP) is 2.89. The van der Waals surface area contributed by atoms with Crippen LogP contribution in [0.3, 0.4) is 0 Å². The summed E-state index contributed by atoms with van der Waals surface area (Å²) in [4.78, 5) is 33.0. The van der Waals surface area contributed by atoms with E-state index in [1.54, 1.807) is 12.7 Å². The topological polar surface area (TPSA) is 78.0 Å². The van der Waals surface area contributed by atoms with Crippen LogP contribution in [0.15, 0.2) is 49.1 Å². The summed E-state index contributed by atoms with van der Waals surface area (Å²) in [5, 5.41) is 0. The lowest BCUT2D eigenvalue weighted by Crippen LogP contribution is -2.42. The average molecular weight is 388 g/mol. The number of imidazole rings is 1. The van der Waals surface area contributed by atoms with E-state index in [4.69, 9.17) is 0 Å². The maximum Gasteiger partial charge on any atom is 0.223 e. The van der Waals surface area contributed by atoms with Crippen LogP contribution in [-0.2, 0) is 4.79 Å². The Balaban J connectivity index is 1.22. The molecule has 29 heavy (non-hydrogen) atoms. The van der Waals surface area contributed by atoms with Gasteiger partial charge in [-0.25, -0.2) is 15.0 Å². The number of hydrogen-bond acceptors (Lipinski definition) is 5. The van der Waals surface area contributed by atoms with Crippen LogP contribution in [0.25, 0.3) is 17.2 Å². The van der Waals surface area contributed by atoms with Crippen molar-refractivity contribution in [2.75, 3.05) is 31.1 Å². The zero-order chi connectivity index (χ0) is 19.7. The number of hydrogen-bond donors (Lipinski definition) is 1. The van der Waals surface area contributed by atoms with E-state index in [9.17, 15) is 4.79 Å². The standard InChI is InChI=1S/C22H24N6O/c29-18-13-22(14-28(18)10-4-7-17-5-2-1-3-6-17)8-11-27(12-9-22)21-19-20(24-15-23-19)25-16-26-21/h1-7,15-16H,8-14H2,(H,23,24,25,26)/b7-4+. The van der Waals surface area contributed by atoms with Crippen molar-refractivity contribution in [1.82, 2.24) is 24.8 Å². The van der Waals surface area contributed by atoms with E-state index in [0.29, 0.717) is 18.6 Å². The number of likely N-dealkylation sites (tertiary alicyclic amines) is 1. The Labute approximate surface area is 169 Å². The Kier molecular flexibility index (Phi) is 4.50. The van der Waals surface area contributed by atoms with E-state index in [1.807, 2.05) is 23.1 Å². The highest BCUT2D eigenvalue weighted by atomic mass is 16.2. The zero-order valence-electron chi connectivity index (χ0n) is 16.3. The molecule has 0 radical (unpaired) electrons. The number of carbonyl (C=O) groups is 1. The van der Waals surface area contributed by atoms with Gasteiger partial charge in [-0.1, -0.05) is 42.5 Å². The molecular formula is C22H24N6O. The molecule has 1 N–H and O–H groups in total. The van der Waals surface area contributed by atoms with Gasteiger partial charge in [0.05, 0.1) is 6.33 Å². The Hall–Kier alpha value is -3.22. The van der Waals surface area contributed by atoms with Gasteiger partial charge in [-0.2, -0.15) is 0 Å². The lowest BCUT2D eigenvalue weighted by molar-refractivity contribution is -0.127. The van der Waals surface area contributed by atoms with Crippen LogP contribution >= 0.6 is 0 Å². The maximum absolute atomic E-state index is 12.6. The van der Waals surface area contributed by atoms with Gasteiger partial charge in [0, 0.05) is 38.0 Å². The summed E-state index contributed by atoms with van der Waals surface area (Å²) < 4.78 is 0. The SMILES string of the molecule is O=C1CC2(CCN(c3ncnc4nc[nH]c34)CC2)CN1C/C=C/c1ccccc1. The summed E-state index contributed by atoms with van der Waals surface area (Å²) in [5.41, 5.74) is 2.84. The minimum Gasteiger partial charge on any atom is -0.355 e. The predicted molar refractivity (Wildman–Crippen MR) is 112 cm³/mol. The first kappa shape index (κ1) is 17.8. The molecule has 2 aliphatic heterocycles. The number of piperidine rings is 1. The first-order valence-electron chi connectivity index (χ1n) is 10.1. The number of carbonyl (C=O) groups excluding carboxylic acids is 1. The number of amides is 1. The van der Waals surface area contributed by atoms with Crippen LogP contribution in [0.4, 0.5) is 5.82 Å². The third-order valence-electron chi connectivity index (χ3n) is 6.17. The first-order valence-corrected chi connectivity index (χ1v) is 10.1. The van der Waals surface area contributed by atoms with Gasteiger partial charge in [0.25, 0.3) is 0 Å². The van der Waals surface area contributed by atoms with E-state index in [-0.39, 0.29) is 11.3 Å². The third-order valence-corrected chi connectivity index (χ3v) is 6.17. The smallest absolute Gasteiger partial charge is 0.223 e. The second-order valence-electron chi connectivity index (χ2n) is 8.05. The molecule has 2 aliphatic rings. The normalized spacial score (nSPS) is 19.1. The monoisotopic (exact) mass is 388 g/mol. The zero-order valence-corrected chi connectivity index (χ0v) is 16.3. The van der Waals surface area contributed by atoms with Crippen molar-refractivity contribution in [1.29, 1.82) is 0 Å². The highest BCUT2D eigenvalue weighted by Crippen LogP contribution is 2.42. The van der Waals surface area contributed by atoms with Crippen LogP contribution in [0.2, 0.25) is 0 Å². The van der Waals surface area contributed by atoms with E-state index >= 15 is 0 Å². The summed E-state index contributed by atoms with van der Waals surface area (Å²) in [6, 6.07) is 10.2. The van der Waals surface area contributed by atoms with Crippen molar-refractivity contribution in [2.45, 2.75) is 19.3 Å². The maximum atomic E-state index is 12.6. The number of nitrogens with one attached hydrogen (secondary N) is 1. The summed E-state index contributed by atoms with van der Waals surface area (Å²) in [6.07, 6.45) is 10.1. The number of anilines is 1. The van der Waals surface area contributed by atoms with E-state index in [0.717, 1.165) is 49.4 Å². The van der Waals surface area contributed by atoms with Gasteiger partial charge in [-0.05, 0) is 18.4 Å². The van der Waals surface area contributed by atoms with Crippen molar-refractivity contribution in [3.63, 3.8) is 0 Å². The van der Waals surface area contributed by atoms with Gasteiger partial charge in [0.15, 0.2) is 11.5 Å². The van der Waals surface area contributed by atoms with Crippen molar-refractivity contribution in [2.24, 2.45) is 5.41 Å². The molecular weight excluding hydrogens is 364 g/mol. The molecule has 5 rings (SSSR count). The Morgan fingerprint density at radius 2 is 1.93 bits per heavy atom. The Morgan fingerprint density at radius 1 is 1.10 bits per heavy atom. The minimum absolute atomic E-state index is 0.0916. The molecule has 1 amide bonds. The van der Waals surface area contributed by atoms with E-state index < -0.39 is 0 Å². The average Bonchev–Trinajstić information content (AvgIpc) is 3.34. The van der Waals surface area contributed by atoms with Crippen molar-refractivity contribution in [3.05, 3.63) is 54.6 Å². The molecule has 0 aliphatic carbocycles. The molecule has 0 bridgehead atoms. The summed E-state index contributed by atoms with van der Waals surface area (Å²) in [7, 11) is 0. The van der Waals surface area contributed by atoms with Crippen LogP contribution < -0.4 is 4.90 Å². The molecule has 0 saturated carbocycles. The summed E-state index contributed by atoms with van der Waals surface area (Å²) in [5.74, 6) is 1.18. The van der Waals surface area contributed by atoms with Crippen LogP contribution in [-0.4, -0.2) is 56.9 Å². The van der Waals surface area contributed by atoms with Crippen LogP contribution in [0.1, 0.15) is 24.8 Å². The number of fused-ring (bicyclic) bond motifs is 1. The molecule has 7 nitrogen and oxygen atoms in total. The Morgan fingerprint density at radius 3 is 2.76 bits per heavy atom. The fraction of sp³-hybridized carbons (Fsp3) is 0.364. The van der Waals surface area contributed by atoms with Gasteiger partial charge < -0.3 is 14.8 Å². The van der Waals surface area contributed by atoms with E-state index in [1.165, 1.54) is 0 Å². The molecule has 4 heterocycles.